The first kappa shape index (κ1) is 25.6. The molecule has 0 saturated carbocycles. The Hall–Kier alpha value is -2.48. The molecule has 1 atom stereocenters. The smallest absolute Gasteiger partial charge is 0.408 e. The molecule has 0 aromatic heterocycles. The topological polar surface area (TPSA) is 103 Å². The third kappa shape index (κ3) is 8.10. The fourth-order valence-electron chi connectivity index (χ4n) is 2.51. The van der Waals surface area contributed by atoms with Crippen LogP contribution in [0.25, 0.3) is 0 Å². The third-order valence-corrected chi connectivity index (χ3v) is 4.40. The molecule has 1 unspecified atom stereocenters. The van der Waals surface area contributed by atoms with Crippen molar-refractivity contribution >= 4 is 29.6 Å². The molecule has 0 spiro atoms. The number of methoxy groups -OCH3 is 2. The van der Waals surface area contributed by atoms with Gasteiger partial charge in [0.15, 0.2) is 0 Å². The number of rotatable bonds is 8. The molecule has 0 bridgehead atoms. The van der Waals surface area contributed by atoms with Crippen LogP contribution in [0.1, 0.15) is 40.2 Å². The van der Waals surface area contributed by atoms with E-state index in [1.807, 2.05) is 0 Å². The SMILES string of the molecule is COC(=O)C(C)(C)CNC(=O)C(Cc1ccc(OC)c(Cl)c1)NC(=O)OC(C)(C)C. The van der Waals surface area contributed by atoms with Gasteiger partial charge in [-0.25, -0.2) is 4.79 Å². The maximum atomic E-state index is 12.8. The number of hydrogen-bond acceptors (Lipinski definition) is 6. The number of esters is 1. The Bertz CT molecular complexity index is 773. The van der Waals surface area contributed by atoms with Crippen LogP contribution in [-0.2, 0) is 25.5 Å². The van der Waals surface area contributed by atoms with E-state index in [-0.39, 0.29) is 13.0 Å². The molecule has 0 heterocycles. The molecule has 9 heteroatoms. The lowest BCUT2D eigenvalue weighted by atomic mass is 9.93. The fraction of sp³-hybridized carbons (Fsp3) is 0.571. The first-order chi connectivity index (χ1) is 13.8. The lowest BCUT2D eigenvalue weighted by Crippen LogP contribution is -2.51. The normalized spacial score (nSPS) is 12.5. The molecular weight excluding hydrogens is 412 g/mol. The van der Waals surface area contributed by atoms with E-state index in [0.29, 0.717) is 16.3 Å². The summed E-state index contributed by atoms with van der Waals surface area (Å²) in [6.45, 7) is 8.52. The molecule has 0 saturated heterocycles. The van der Waals surface area contributed by atoms with Crippen molar-refractivity contribution in [3.63, 3.8) is 0 Å². The molecule has 168 valence electrons. The Morgan fingerprint density at radius 1 is 1.10 bits per heavy atom. The van der Waals surface area contributed by atoms with E-state index >= 15 is 0 Å². The molecule has 2 amide bonds. The third-order valence-electron chi connectivity index (χ3n) is 4.11. The second kappa shape index (κ2) is 10.5. The Kier molecular flexibility index (Phi) is 8.96. The van der Waals surface area contributed by atoms with Crippen LogP contribution in [0.2, 0.25) is 5.02 Å². The Balaban J connectivity index is 2.99. The van der Waals surface area contributed by atoms with Gasteiger partial charge in [0.2, 0.25) is 5.91 Å². The van der Waals surface area contributed by atoms with Gasteiger partial charge in [-0.3, -0.25) is 9.59 Å². The van der Waals surface area contributed by atoms with Crippen LogP contribution in [-0.4, -0.2) is 50.4 Å². The van der Waals surface area contributed by atoms with Gasteiger partial charge in [-0.1, -0.05) is 17.7 Å². The maximum Gasteiger partial charge on any atom is 0.408 e. The minimum Gasteiger partial charge on any atom is -0.495 e. The van der Waals surface area contributed by atoms with Crippen LogP contribution in [0, 0.1) is 5.41 Å². The van der Waals surface area contributed by atoms with Crippen LogP contribution < -0.4 is 15.4 Å². The summed E-state index contributed by atoms with van der Waals surface area (Å²) in [6.07, 6.45) is -0.567. The summed E-state index contributed by atoms with van der Waals surface area (Å²) in [5.41, 5.74) is -0.935. The fourth-order valence-corrected chi connectivity index (χ4v) is 2.79. The first-order valence-electron chi connectivity index (χ1n) is 9.47. The highest BCUT2D eigenvalue weighted by Crippen LogP contribution is 2.25. The van der Waals surface area contributed by atoms with Crippen LogP contribution in [0.4, 0.5) is 4.79 Å². The molecule has 1 rings (SSSR count). The minimum atomic E-state index is -0.947. The summed E-state index contributed by atoms with van der Waals surface area (Å²) < 4.78 is 15.2. The zero-order valence-corrected chi connectivity index (χ0v) is 19.3. The number of nitrogens with one attached hydrogen (secondary N) is 2. The summed E-state index contributed by atoms with van der Waals surface area (Å²) in [4.78, 5) is 36.9. The van der Waals surface area contributed by atoms with Crippen molar-refractivity contribution in [2.24, 2.45) is 5.41 Å². The number of carbonyl (C=O) groups is 3. The zero-order chi connectivity index (χ0) is 23.1. The average Bonchev–Trinajstić information content (AvgIpc) is 2.63. The van der Waals surface area contributed by atoms with Crippen LogP contribution in [0.5, 0.6) is 5.75 Å². The van der Waals surface area contributed by atoms with E-state index < -0.39 is 35.0 Å². The van der Waals surface area contributed by atoms with Crippen molar-refractivity contribution in [2.45, 2.75) is 52.7 Å². The molecule has 8 nitrogen and oxygen atoms in total. The second-order valence-electron chi connectivity index (χ2n) is 8.47. The van der Waals surface area contributed by atoms with Gasteiger partial charge in [0.25, 0.3) is 0 Å². The number of alkyl carbamates (subject to hydrolysis) is 1. The Morgan fingerprint density at radius 3 is 2.23 bits per heavy atom. The van der Waals surface area contributed by atoms with E-state index in [4.69, 9.17) is 25.8 Å². The average molecular weight is 443 g/mol. The zero-order valence-electron chi connectivity index (χ0n) is 18.6. The number of halogens is 1. The molecule has 30 heavy (non-hydrogen) atoms. The van der Waals surface area contributed by atoms with Gasteiger partial charge in [-0.05, 0) is 52.3 Å². The summed E-state index contributed by atoms with van der Waals surface area (Å²) >= 11 is 6.17. The number of carbonyl (C=O) groups excluding carboxylic acids is 3. The van der Waals surface area contributed by atoms with Gasteiger partial charge in [0.1, 0.15) is 17.4 Å². The largest absolute Gasteiger partial charge is 0.495 e. The van der Waals surface area contributed by atoms with E-state index in [2.05, 4.69) is 10.6 Å². The molecule has 0 fully saturated rings. The van der Waals surface area contributed by atoms with E-state index in [9.17, 15) is 14.4 Å². The van der Waals surface area contributed by atoms with Crippen molar-refractivity contribution < 1.29 is 28.6 Å². The Labute approximate surface area is 182 Å². The van der Waals surface area contributed by atoms with Crippen LogP contribution >= 0.6 is 11.6 Å². The van der Waals surface area contributed by atoms with Crippen molar-refractivity contribution in [1.82, 2.24) is 10.6 Å². The lowest BCUT2D eigenvalue weighted by Gasteiger charge is -2.26. The number of amides is 2. The van der Waals surface area contributed by atoms with Gasteiger partial charge in [0.05, 0.1) is 24.7 Å². The van der Waals surface area contributed by atoms with Gasteiger partial charge in [-0.15, -0.1) is 0 Å². The van der Waals surface area contributed by atoms with Crippen LogP contribution in [0.3, 0.4) is 0 Å². The van der Waals surface area contributed by atoms with Crippen molar-refractivity contribution in [2.75, 3.05) is 20.8 Å². The predicted octanol–water partition coefficient (Wildman–Crippen LogP) is 3.10. The molecule has 0 radical (unpaired) electrons. The van der Waals surface area contributed by atoms with E-state index in [1.165, 1.54) is 14.2 Å². The van der Waals surface area contributed by atoms with Crippen LogP contribution in [0.15, 0.2) is 18.2 Å². The summed E-state index contributed by atoms with van der Waals surface area (Å²) in [5, 5.41) is 5.67. The summed E-state index contributed by atoms with van der Waals surface area (Å²) in [7, 11) is 2.79. The molecule has 1 aromatic carbocycles. The highest BCUT2D eigenvalue weighted by atomic mass is 35.5. The maximum absolute atomic E-state index is 12.8. The van der Waals surface area contributed by atoms with Gasteiger partial charge >= 0.3 is 12.1 Å². The lowest BCUT2D eigenvalue weighted by molar-refractivity contribution is -0.150. The number of hydrogen-bond donors (Lipinski definition) is 2. The standard InChI is InChI=1S/C21H31ClN2O6/c1-20(2,3)30-19(27)24-15(11-13-8-9-16(28-6)14(22)10-13)17(25)23-12-21(4,5)18(26)29-7/h8-10,15H,11-12H2,1-7H3,(H,23,25)(H,24,27). The van der Waals surface area contributed by atoms with Crippen molar-refractivity contribution in [3.8, 4) is 5.75 Å². The predicted molar refractivity (Wildman–Crippen MR) is 114 cm³/mol. The Morgan fingerprint density at radius 2 is 1.73 bits per heavy atom. The van der Waals surface area contributed by atoms with Gasteiger partial charge in [-0.2, -0.15) is 0 Å². The monoisotopic (exact) mass is 442 g/mol. The molecule has 2 N–H and O–H groups in total. The number of ether oxygens (including phenoxy) is 3. The highest BCUT2D eigenvalue weighted by molar-refractivity contribution is 6.32. The van der Waals surface area contributed by atoms with Crippen molar-refractivity contribution in [1.29, 1.82) is 0 Å². The molecule has 1 aromatic rings. The molecule has 0 aliphatic rings. The quantitative estimate of drug-likeness (QED) is 0.599. The number of benzene rings is 1. The minimum absolute atomic E-state index is 0.0361. The van der Waals surface area contributed by atoms with E-state index in [1.54, 1.807) is 52.8 Å². The molecular formula is C21H31ClN2O6. The highest BCUT2D eigenvalue weighted by Gasteiger charge is 2.31. The summed E-state index contributed by atoms with van der Waals surface area (Å²) in [6, 6.07) is 4.15. The van der Waals surface area contributed by atoms with E-state index in [0.717, 1.165) is 0 Å². The molecule has 0 aliphatic heterocycles. The van der Waals surface area contributed by atoms with Crippen molar-refractivity contribution in [3.05, 3.63) is 28.8 Å². The van der Waals surface area contributed by atoms with Gasteiger partial charge in [0, 0.05) is 13.0 Å². The summed E-state index contributed by atoms with van der Waals surface area (Å²) in [5.74, 6) is -0.424. The second-order valence-corrected chi connectivity index (χ2v) is 8.87. The molecule has 0 aliphatic carbocycles. The van der Waals surface area contributed by atoms with Gasteiger partial charge < -0.3 is 24.8 Å². The first-order valence-corrected chi connectivity index (χ1v) is 9.85.